The quantitative estimate of drug-likeness (QED) is 0.791. The van der Waals surface area contributed by atoms with E-state index in [1.807, 2.05) is 12.1 Å². The Morgan fingerprint density at radius 2 is 2.12 bits per heavy atom. The lowest BCUT2D eigenvalue weighted by atomic mass is 10.2. The number of ether oxygens (including phenoxy) is 1. The van der Waals surface area contributed by atoms with E-state index in [1.54, 1.807) is 7.11 Å². The van der Waals surface area contributed by atoms with Gasteiger partial charge in [-0.1, -0.05) is 6.92 Å². The van der Waals surface area contributed by atoms with Crippen LogP contribution < -0.4 is 4.74 Å². The van der Waals surface area contributed by atoms with Gasteiger partial charge in [0.2, 0.25) is 0 Å². The van der Waals surface area contributed by atoms with E-state index in [1.165, 1.54) is 5.52 Å². The van der Waals surface area contributed by atoms with Crippen molar-refractivity contribution in [2.45, 2.75) is 33.2 Å². The summed E-state index contributed by atoms with van der Waals surface area (Å²) in [5.74, 6) is 2.00. The topological polar surface area (TPSA) is 27.1 Å². The molecule has 0 unspecified atom stereocenters. The van der Waals surface area contributed by atoms with Gasteiger partial charge in [-0.05, 0) is 26.0 Å². The smallest absolute Gasteiger partial charge is 0.121 e. The van der Waals surface area contributed by atoms with Crippen LogP contribution in [0.4, 0.5) is 0 Å². The van der Waals surface area contributed by atoms with Crippen molar-refractivity contribution in [3.05, 3.63) is 24.0 Å². The summed E-state index contributed by atoms with van der Waals surface area (Å²) in [7, 11) is 1.68. The predicted octanol–water partition coefficient (Wildman–Crippen LogP) is 3.19. The first-order chi connectivity index (χ1) is 7.67. The fraction of sp³-hybridized carbons (Fsp3) is 0.462. The second-order valence-corrected chi connectivity index (χ2v) is 4.20. The lowest BCUT2D eigenvalue weighted by Crippen LogP contribution is -2.05. The average molecular weight is 218 g/mol. The normalized spacial score (nSPS) is 11.3. The Bertz CT molecular complexity index is 500. The molecule has 0 amide bonds. The van der Waals surface area contributed by atoms with Crippen LogP contribution >= 0.6 is 0 Å². The van der Waals surface area contributed by atoms with Crippen molar-refractivity contribution in [2.75, 3.05) is 7.11 Å². The highest BCUT2D eigenvalue weighted by Crippen LogP contribution is 2.24. The first kappa shape index (κ1) is 11.0. The van der Waals surface area contributed by atoms with Gasteiger partial charge < -0.3 is 9.30 Å². The van der Waals surface area contributed by atoms with E-state index < -0.39 is 0 Å². The lowest BCUT2D eigenvalue weighted by molar-refractivity contribution is 0.415. The molecule has 0 atom stereocenters. The first-order valence-corrected chi connectivity index (χ1v) is 5.72. The summed E-state index contributed by atoms with van der Waals surface area (Å²) in [6.45, 7) is 6.51. The van der Waals surface area contributed by atoms with Crippen molar-refractivity contribution < 1.29 is 4.74 Å². The molecule has 2 aromatic rings. The van der Waals surface area contributed by atoms with Crippen LogP contribution in [0.3, 0.4) is 0 Å². The minimum Gasteiger partial charge on any atom is -0.497 e. The Morgan fingerprint density at radius 3 is 2.69 bits per heavy atom. The van der Waals surface area contributed by atoms with Gasteiger partial charge >= 0.3 is 0 Å². The molecule has 1 aromatic carbocycles. The van der Waals surface area contributed by atoms with Crippen LogP contribution in [-0.4, -0.2) is 16.7 Å². The zero-order valence-corrected chi connectivity index (χ0v) is 10.3. The molecule has 1 aromatic heterocycles. The van der Waals surface area contributed by atoms with Crippen molar-refractivity contribution in [2.24, 2.45) is 0 Å². The van der Waals surface area contributed by atoms with Crippen molar-refractivity contribution in [1.82, 2.24) is 9.55 Å². The molecule has 1 heterocycles. The summed E-state index contributed by atoms with van der Waals surface area (Å²) in [5, 5.41) is 0. The number of aromatic nitrogens is 2. The first-order valence-electron chi connectivity index (χ1n) is 5.72. The molecular formula is C13H18N2O. The Kier molecular flexibility index (Phi) is 2.86. The highest BCUT2D eigenvalue weighted by molar-refractivity contribution is 5.78. The monoisotopic (exact) mass is 218 g/mol. The van der Waals surface area contributed by atoms with Crippen LogP contribution in [0.1, 0.15) is 32.6 Å². The Hall–Kier alpha value is -1.51. The summed E-state index contributed by atoms with van der Waals surface area (Å²) < 4.78 is 7.50. The van der Waals surface area contributed by atoms with Crippen LogP contribution in [0.15, 0.2) is 18.2 Å². The number of fused-ring (bicyclic) bond motifs is 1. The van der Waals surface area contributed by atoms with Crippen LogP contribution in [0.25, 0.3) is 11.0 Å². The highest BCUT2D eigenvalue weighted by atomic mass is 16.5. The maximum Gasteiger partial charge on any atom is 0.121 e. The average Bonchev–Trinajstić information content (AvgIpc) is 2.65. The highest BCUT2D eigenvalue weighted by Gasteiger charge is 2.12. The third kappa shape index (κ3) is 1.66. The molecule has 16 heavy (non-hydrogen) atoms. The molecule has 0 aliphatic carbocycles. The molecule has 0 aliphatic rings. The fourth-order valence-corrected chi connectivity index (χ4v) is 2.08. The molecule has 3 nitrogen and oxygen atoms in total. The number of imidazole rings is 1. The van der Waals surface area contributed by atoms with Gasteiger partial charge in [0.05, 0.1) is 18.1 Å². The van der Waals surface area contributed by atoms with E-state index in [2.05, 4.69) is 36.4 Å². The Balaban J connectivity index is 2.67. The minimum atomic E-state index is 0.438. The number of nitrogens with zero attached hydrogens (tertiary/aromatic N) is 2. The van der Waals surface area contributed by atoms with Gasteiger partial charge in [-0.2, -0.15) is 0 Å². The third-order valence-corrected chi connectivity index (χ3v) is 2.80. The molecule has 0 fully saturated rings. The molecule has 86 valence electrons. The number of benzene rings is 1. The maximum absolute atomic E-state index is 5.22. The van der Waals surface area contributed by atoms with Gasteiger partial charge in [0, 0.05) is 18.5 Å². The standard InChI is InChI=1S/C13H18N2O/c1-5-13-14-11-8-10(16-4)6-7-12(11)15(13)9(2)3/h6-9H,5H2,1-4H3. The zero-order valence-electron chi connectivity index (χ0n) is 10.3. The molecule has 3 heteroatoms. The van der Waals surface area contributed by atoms with Crippen molar-refractivity contribution in [3.63, 3.8) is 0 Å². The summed E-state index contributed by atoms with van der Waals surface area (Å²) in [5.41, 5.74) is 2.21. The van der Waals surface area contributed by atoms with E-state index >= 15 is 0 Å². The van der Waals surface area contributed by atoms with Crippen LogP contribution in [0.5, 0.6) is 5.75 Å². The summed E-state index contributed by atoms with van der Waals surface area (Å²) in [4.78, 5) is 4.64. The number of rotatable bonds is 3. The second-order valence-electron chi connectivity index (χ2n) is 4.20. The molecule has 0 N–H and O–H groups in total. The largest absolute Gasteiger partial charge is 0.497 e. The summed E-state index contributed by atoms with van der Waals surface area (Å²) in [6, 6.07) is 6.50. The second kappa shape index (κ2) is 4.16. The van der Waals surface area contributed by atoms with Gasteiger partial charge in [0.15, 0.2) is 0 Å². The maximum atomic E-state index is 5.22. The molecule has 0 saturated heterocycles. The number of methoxy groups -OCH3 is 1. The van der Waals surface area contributed by atoms with Gasteiger partial charge in [-0.15, -0.1) is 0 Å². The van der Waals surface area contributed by atoms with Crippen molar-refractivity contribution >= 4 is 11.0 Å². The zero-order chi connectivity index (χ0) is 11.7. The van der Waals surface area contributed by atoms with Crippen molar-refractivity contribution in [1.29, 1.82) is 0 Å². The fourth-order valence-electron chi connectivity index (χ4n) is 2.08. The third-order valence-electron chi connectivity index (χ3n) is 2.80. The van der Waals surface area contributed by atoms with Crippen molar-refractivity contribution in [3.8, 4) is 5.75 Å². The molecule has 0 aliphatic heterocycles. The minimum absolute atomic E-state index is 0.438. The van der Waals surface area contributed by atoms with E-state index in [0.29, 0.717) is 6.04 Å². The Morgan fingerprint density at radius 1 is 1.38 bits per heavy atom. The van der Waals surface area contributed by atoms with Crippen LogP contribution in [0, 0.1) is 0 Å². The van der Waals surface area contributed by atoms with Gasteiger partial charge in [-0.25, -0.2) is 4.98 Å². The summed E-state index contributed by atoms with van der Waals surface area (Å²) in [6.07, 6.45) is 0.954. The number of aryl methyl sites for hydroxylation is 1. The molecule has 2 rings (SSSR count). The number of hydrogen-bond acceptors (Lipinski definition) is 2. The van der Waals surface area contributed by atoms with E-state index in [-0.39, 0.29) is 0 Å². The molecule has 0 spiro atoms. The van der Waals surface area contributed by atoms with Gasteiger partial charge in [0.25, 0.3) is 0 Å². The lowest BCUT2D eigenvalue weighted by Gasteiger charge is -2.11. The van der Waals surface area contributed by atoms with Gasteiger partial charge in [-0.3, -0.25) is 0 Å². The van der Waals surface area contributed by atoms with E-state index in [9.17, 15) is 0 Å². The molecular weight excluding hydrogens is 200 g/mol. The summed E-state index contributed by atoms with van der Waals surface area (Å²) >= 11 is 0. The molecule has 0 radical (unpaired) electrons. The van der Waals surface area contributed by atoms with E-state index in [0.717, 1.165) is 23.5 Å². The van der Waals surface area contributed by atoms with E-state index in [4.69, 9.17) is 4.74 Å². The van der Waals surface area contributed by atoms with Gasteiger partial charge in [0.1, 0.15) is 11.6 Å². The van der Waals surface area contributed by atoms with Crippen LogP contribution in [0.2, 0.25) is 0 Å². The molecule has 0 saturated carbocycles. The predicted molar refractivity (Wildman–Crippen MR) is 66.0 cm³/mol. The number of hydrogen-bond donors (Lipinski definition) is 0. The molecule has 0 bridgehead atoms. The Labute approximate surface area is 96.1 Å². The van der Waals surface area contributed by atoms with Crippen LogP contribution in [-0.2, 0) is 6.42 Å². The SMILES string of the molecule is CCc1nc2cc(OC)ccc2n1C(C)C.